The Morgan fingerprint density at radius 2 is 1.81 bits per heavy atom. The summed E-state index contributed by atoms with van der Waals surface area (Å²) in [5, 5.41) is 0. The molecule has 2 heteroatoms. The quantitative estimate of drug-likeness (QED) is 0.720. The molecule has 2 rings (SSSR count). The molecule has 2 unspecified atom stereocenters. The summed E-state index contributed by atoms with van der Waals surface area (Å²) in [5.74, 6) is 2.75. The molecule has 0 aromatic carbocycles. The van der Waals surface area contributed by atoms with E-state index in [0.29, 0.717) is 0 Å². The zero-order valence-electron chi connectivity index (χ0n) is 10.8. The van der Waals surface area contributed by atoms with E-state index in [1.54, 1.807) is 0 Å². The SMILES string of the molecule is CCCN(CC1CC1)CC1CCCC1CN. The molecule has 0 heterocycles. The summed E-state index contributed by atoms with van der Waals surface area (Å²) in [6.07, 6.45) is 8.47. The number of nitrogens with two attached hydrogens (primary N) is 1. The summed E-state index contributed by atoms with van der Waals surface area (Å²) in [4.78, 5) is 2.72. The van der Waals surface area contributed by atoms with Crippen molar-refractivity contribution in [1.29, 1.82) is 0 Å². The monoisotopic (exact) mass is 224 g/mol. The first-order chi connectivity index (χ1) is 7.83. The van der Waals surface area contributed by atoms with Crippen LogP contribution in [-0.2, 0) is 0 Å². The van der Waals surface area contributed by atoms with E-state index in [2.05, 4.69) is 11.8 Å². The average Bonchev–Trinajstić information content (AvgIpc) is 2.96. The maximum Gasteiger partial charge on any atom is 0.00129 e. The van der Waals surface area contributed by atoms with Gasteiger partial charge in [-0.25, -0.2) is 0 Å². The molecule has 0 aliphatic heterocycles. The van der Waals surface area contributed by atoms with Crippen LogP contribution >= 0.6 is 0 Å². The summed E-state index contributed by atoms with van der Waals surface area (Å²) in [6, 6.07) is 0. The van der Waals surface area contributed by atoms with Crippen LogP contribution in [0.25, 0.3) is 0 Å². The normalized spacial score (nSPS) is 30.2. The Morgan fingerprint density at radius 1 is 1.06 bits per heavy atom. The molecule has 2 atom stereocenters. The highest BCUT2D eigenvalue weighted by Crippen LogP contribution is 2.34. The fourth-order valence-electron chi connectivity index (χ4n) is 3.23. The molecule has 0 aromatic heterocycles. The third kappa shape index (κ3) is 3.46. The Labute approximate surface area is 101 Å². The van der Waals surface area contributed by atoms with Crippen molar-refractivity contribution in [3.8, 4) is 0 Å². The van der Waals surface area contributed by atoms with Crippen molar-refractivity contribution in [3.63, 3.8) is 0 Å². The zero-order valence-corrected chi connectivity index (χ0v) is 10.8. The number of rotatable bonds is 7. The Kier molecular flexibility index (Phi) is 4.66. The first-order valence-corrected chi connectivity index (χ1v) is 7.26. The standard InChI is InChI=1S/C14H28N2/c1-2-8-16(10-12-6-7-12)11-14-5-3-4-13(14)9-15/h12-14H,2-11,15H2,1H3. The lowest BCUT2D eigenvalue weighted by Gasteiger charge is -2.28. The fraction of sp³-hybridized carbons (Fsp3) is 1.00. The van der Waals surface area contributed by atoms with Crippen molar-refractivity contribution in [2.45, 2.75) is 45.4 Å². The molecular formula is C14H28N2. The van der Waals surface area contributed by atoms with Crippen molar-refractivity contribution in [3.05, 3.63) is 0 Å². The predicted octanol–water partition coefficient (Wildman–Crippen LogP) is 2.48. The third-order valence-corrected chi connectivity index (χ3v) is 4.37. The Morgan fingerprint density at radius 3 is 2.44 bits per heavy atom. The van der Waals surface area contributed by atoms with Crippen LogP contribution in [0, 0.1) is 17.8 Å². The summed E-state index contributed by atoms with van der Waals surface area (Å²) in [7, 11) is 0. The Balaban J connectivity index is 1.78. The van der Waals surface area contributed by atoms with Gasteiger partial charge in [0, 0.05) is 13.1 Å². The molecule has 0 bridgehead atoms. The van der Waals surface area contributed by atoms with E-state index in [1.165, 1.54) is 58.2 Å². The molecule has 2 aliphatic rings. The van der Waals surface area contributed by atoms with Crippen LogP contribution in [0.15, 0.2) is 0 Å². The molecule has 94 valence electrons. The van der Waals surface area contributed by atoms with Gasteiger partial charge in [-0.1, -0.05) is 13.3 Å². The molecule has 2 fully saturated rings. The van der Waals surface area contributed by atoms with Crippen LogP contribution in [0.4, 0.5) is 0 Å². The first kappa shape index (κ1) is 12.4. The van der Waals surface area contributed by atoms with E-state index in [-0.39, 0.29) is 0 Å². The summed E-state index contributed by atoms with van der Waals surface area (Å²) >= 11 is 0. The fourth-order valence-corrected chi connectivity index (χ4v) is 3.23. The van der Waals surface area contributed by atoms with Crippen LogP contribution in [-0.4, -0.2) is 31.1 Å². The van der Waals surface area contributed by atoms with Crippen LogP contribution < -0.4 is 5.73 Å². The van der Waals surface area contributed by atoms with Gasteiger partial charge in [-0.2, -0.15) is 0 Å². The second-order valence-electron chi connectivity index (χ2n) is 5.89. The van der Waals surface area contributed by atoms with Gasteiger partial charge in [-0.05, 0) is 62.9 Å². The van der Waals surface area contributed by atoms with E-state index in [9.17, 15) is 0 Å². The van der Waals surface area contributed by atoms with Gasteiger partial charge in [-0.3, -0.25) is 0 Å². The summed E-state index contributed by atoms with van der Waals surface area (Å²) in [5.41, 5.74) is 5.87. The van der Waals surface area contributed by atoms with Gasteiger partial charge >= 0.3 is 0 Å². The van der Waals surface area contributed by atoms with Crippen LogP contribution in [0.3, 0.4) is 0 Å². The van der Waals surface area contributed by atoms with Crippen molar-refractivity contribution >= 4 is 0 Å². The van der Waals surface area contributed by atoms with Gasteiger partial charge < -0.3 is 10.6 Å². The van der Waals surface area contributed by atoms with Crippen molar-refractivity contribution in [1.82, 2.24) is 4.90 Å². The molecule has 2 saturated carbocycles. The summed E-state index contributed by atoms with van der Waals surface area (Å²) in [6.45, 7) is 7.20. The van der Waals surface area contributed by atoms with E-state index in [0.717, 1.165) is 24.3 Å². The first-order valence-electron chi connectivity index (χ1n) is 7.26. The van der Waals surface area contributed by atoms with Gasteiger partial charge in [0.05, 0.1) is 0 Å². The molecule has 0 aromatic rings. The number of hydrogen-bond acceptors (Lipinski definition) is 2. The third-order valence-electron chi connectivity index (χ3n) is 4.37. The lowest BCUT2D eigenvalue weighted by atomic mass is 9.95. The lowest BCUT2D eigenvalue weighted by Crippen LogP contribution is -2.35. The van der Waals surface area contributed by atoms with Gasteiger partial charge in [0.1, 0.15) is 0 Å². The molecule has 0 spiro atoms. The predicted molar refractivity (Wildman–Crippen MR) is 69.3 cm³/mol. The zero-order chi connectivity index (χ0) is 11.4. The minimum Gasteiger partial charge on any atom is -0.330 e. The van der Waals surface area contributed by atoms with E-state index >= 15 is 0 Å². The van der Waals surface area contributed by atoms with E-state index in [1.807, 2.05) is 0 Å². The number of nitrogens with zero attached hydrogens (tertiary/aromatic N) is 1. The molecule has 0 saturated heterocycles. The topological polar surface area (TPSA) is 29.3 Å². The average molecular weight is 224 g/mol. The highest BCUT2D eigenvalue weighted by Gasteiger charge is 2.30. The van der Waals surface area contributed by atoms with Crippen molar-refractivity contribution in [2.24, 2.45) is 23.5 Å². The van der Waals surface area contributed by atoms with Gasteiger partial charge in [0.15, 0.2) is 0 Å². The highest BCUT2D eigenvalue weighted by molar-refractivity contribution is 4.83. The maximum absolute atomic E-state index is 5.87. The van der Waals surface area contributed by atoms with Gasteiger partial charge in [0.2, 0.25) is 0 Å². The smallest absolute Gasteiger partial charge is 0.00129 e. The molecular weight excluding hydrogens is 196 g/mol. The van der Waals surface area contributed by atoms with Crippen LogP contribution in [0.1, 0.15) is 45.4 Å². The molecule has 2 aliphatic carbocycles. The maximum atomic E-state index is 5.87. The minimum atomic E-state index is 0.818. The molecule has 16 heavy (non-hydrogen) atoms. The van der Waals surface area contributed by atoms with Crippen molar-refractivity contribution in [2.75, 3.05) is 26.2 Å². The van der Waals surface area contributed by atoms with E-state index in [4.69, 9.17) is 5.73 Å². The number of hydrogen-bond donors (Lipinski definition) is 1. The minimum absolute atomic E-state index is 0.818. The Bertz CT molecular complexity index is 201. The second-order valence-corrected chi connectivity index (χ2v) is 5.89. The van der Waals surface area contributed by atoms with Gasteiger partial charge in [-0.15, -0.1) is 0 Å². The Hall–Kier alpha value is -0.0800. The van der Waals surface area contributed by atoms with Crippen LogP contribution in [0.2, 0.25) is 0 Å². The molecule has 0 radical (unpaired) electrons. The van der Waals surface area contributed by atoms with Crippen molar-refractivity contribution < 1.29 is 0 Å². The largest absolute Gasteiger partial charge is 0.330 e. The lowest BCUT2D eigenvalue weighted by molar-refractivity contribution is 0.200. The summed E-state index contributed by atoms with van der Waals surface area (Å²) < 4.78 is 0. The van der Waals surface area contributed by atoms with E-state index < -0.39 is 0 Å². The highest BCUT2D eigenvalue weighted by atomic mass is 15.1. The van der Waals surface area contributed by atoms with Crippen LogP contribution in [0.5, 0.6) is 0 Å². The molecule has 2 N–H and O–H groups in total. The molecule has 2 nitrogen and oxygen atoms in total. The van der Waals surface area contributed by atoms with Gasteiger partial charge in [0.25, 0.3) is 0 Å². The second kappa shape index (κ2) is 6.02. The molecule has 0 amide bonds.